The van der Waals surface area contributed by atoms with Crippen LogP contribution in [-0.2, 0) is 16.0 Å². The van der Waals surface area contributed by atoms with Crippen molar-refractivity contribution in [2.24, 2.45) is 4.99 Å². The number of rotatable bonds is 6. The zero-order valence-corrected chi connectivity index (χ0v) is 21.4. The van der Waals surface area contributed by atoms with Gasteiger partial charge in [-0.2, -0.15) is 0 Å². The molecule has 4 aromatic rings. The summed E-state index contributed by atoms with van der Waals surface area (Å²) in [5.41, 5.74) is 5.46. The molecule has 196 valence electrons. The van der Waals surface area contributed by atoms with Gasteiger partial charge >= 0.3 is 6.01 Å². The van der Waals surface area contributed by atoms with E-state index in [1.54, 1.807) is 0 Å². The lowest BCUT2D eigenvalue weighted by Crippen LogP contribution is -2.37. The first-order valence-corrected chi connectivity index (χ1v) is 13.4. The molecule has 2 aromatic heterocycles. The number of morpholine rings is 1. The third kappa shape index (κ3) is 4.81. The molecule has 2 fully saturated rings. The van der Waals surface area contributed by atoms with Crippen molar-refractivity contribution in [3.05, 3.63) is 89.1 Å². The zero-order chi connectivity index (χ0) is 26.2. The minimum atomic E-state index is -0.866. The summed E-state index contributed by atoms with van der Waals surface area (Å²) in [6.07, 6.45) is 1.74. The van der Waals surface area contributed by atoms with E-state index >= 15 is 0 Å². The fourth-order valence-electron chi connectivity index (χ4n) is 5.16. The molecule has 7 rings (SSSR count). The number of nitrogens with zero attached hydrogens (tertiary/aromatic N) is 5. The Morgan fingerprint density at radius 1 is 0.872 bits per heavy atom. The Kier molecular flexibility index (Phi) is 6.13. The second kappa shape index (κ2) is 10.1. The molecule has 0 unspecified atom stereocenters. The SMILES string of the molecule is O=C1Cc2ccccc2C(c2ccccc2)=N[C@@H]1Nc1nnc(-c2ccc(C3CC3)nc2N2CCOCC2)o1. The van der Waals surface area contributed by atoms with E-state index in [2.05, 4.69) is 26.5 Å². The van der Waals surface area contributed by atoms with Crippen LogP contribution in [0.2, 0.25) is 0 Å². The summed E-state index contributed by atoms with van der Waals surface area (Å²) in [7, 11) is 0. The number of aliphatic imine (C=N–C) groups is 1. The number of benzene rings is 2. The smallest absolute Gasteiger partial charge is 0.317 e. The van der Waals surface area contributed by atoms with Gasteiger partial charge < -0.3 is 19.4 Å². The van der Waals surface area contributed by atoms with Crippen molar-refractivity contribution in [3.8, 4) is 11.5 Å². The maximum Gasteiger partial charge on any atom is 0.317 e. The zero-order valence-electron chi connectivity index (χ0n) is 21.4. The second-order valence-corrected chi connectivity index (χ2v) is 10.1. The Balaban J connectivity index is 1.21. The molecule has 4 heterocycles. The number of hydrogen-bond acceptors (Lipinski definition) is 9. The normalized spacial score (nSPS) is 19.3. The molecule has 1 atom stereocenters. The van der Waals surface area contributed by atoms with Gasteiger partial charge in [0.2, 0.25) is 0 Å². The third-order valence-electron chi connectivity index (χ3n) is 7.37. The molecule has 3 aliphatic rings. The Bertz CT molecular complexity index is 1540. The molecule has 39 heavy (non-hydrogen) atoms. The highest BCUT2D eigenvalue weighted by Gasteiger charge is 2.30. The van der Waals surface area contributed by atoms with Crippen molar-refractivity contribution in [2.45, 2.75) is 31.3 Å². The van der Waals surface area contributed by atoms with Crippen LogP contribution in [0.3, 0.4) is 0 Å². The van der Waals surface area contributed by atoms with E-state index in [-0.39, 0.29) is 18.2 Å². The van der Waals surface area contributed by atoms with Crippen molar-refractivity contribution in [3.63, 3.8) is 0 Å². The summed E-state index contributed by atoms with van der Waals surface area (Å²) in [5.74, 6) is 1.65. The third-order valence-corrected chi connectivity index (χ3v) is 7.37. The number of Topliss-reactive ketones (excluding diaryl/α,β-unsaturated/α-hetero) is 1. The number of ketones is 1. The van der Waals surface area contributed by atoms with Crippen LogP contribution in [0.4, 0.5) is 11.8 Å². The molecule has 0 radical (unpaired) electrons. The Labute approximate surface area is 226 Å². The highest BCUT2D eigenvalue weighted by atomic mass is 16.5. The lowest BCUT2D eigenvalue weighted by molar-refractivity contribution is -0.119. The molecule has 1 saturated heterocycles. The summed E-state index contributed by atoms with van der Waals surface area (Å²) in [6.45, 7) is 2.81. The van der Waals surface area contributed by atoms with Crippen molar-refractivity contribution < 1.29 is 13.9 Å². The summed E-state index contributed by atoms with van der Waals surface area (Å²) in [4.78, 5) is 25.4. The number of carbonyl (C=O) groups is 1. The van der Waals surface area contributed by atoms with Crippen LogP contribution in [-0.4, -0.2) is 59.1 Å². The van der Waals surface area contributed by atoms with Crippen LogP contribution in [0.5, 0.6) is 0 Å². The Hall–Kier alpha value is -4.37. The standard InChI is InChI=1S/C30H28N6O3/c37-25-18-21-8-4-5-9-22(21)26(20-6-2-1-3-7-20)32-27(25)33-30-35-34-29(39-30)23-12-13-24(19-10-11-19)31-28(23)36-14-16-38-17-15-36/h1-9,12-13,19,27H,10-11,14-18H2,(H,33,35)/t27-/m1/s1. The summed E-state index contributed by atoms with van der Waals surface area (Å²) in [6, 6.07) is 22.0. The number of hydrogen-bond donors (Lipinski definition) is 1. The predicted molar refractivity (Wildman–Crippen MR) is 147 cm³/mol. The molecular formula is C30H28N6O3. The number of fused-ring (bicyclic) bond motifs is 1. The number of nitrogens with one attached hydrogen (secondary N) is 1. The number of aromatic nitrogens is 3. The van der Waals surface area contributed by atoms with Gasteiger partial charge in [0.1, 0.15) is 5.82 Å². The first-order valence-electron chi connectivity index (χ1n) is 13.4. The summed E-state index contributed by atoms with van der Waals surface area (Å²) >= 11 is 0. The van der Waals surface area contributed by atoms with Gasteiger partial charge in [0, 0.05) is 42.2 Å². The topological polar surface area (TPSA) is 106 Å². The van der Waals surface area contributed by atoms with Gasteiger partial charge in [-0.1, -0.05) is 59.7 Å². The second-order valence-electron chi connectivity index (χ2n) is 10.1. The van der Waals surface area contributed by atoms with E-state index in [9.17, 15) is 4.79 Å². The van der Waals surface area contributed by atoms with Crippen LogP contribution in [0.1, 0.15) is 41.1 Å². The molecule has 0 spiro atoms. The quantitative estimate of drug-likeness (QED) is 0.402. The molecule has 9 heteroatoms. The molecule has 1 aliphatic carbocycles. The monoisotopic (exact) mass is 520 g/mol. The predicted octanol–water partition coefficient (Wildman–Crippen LogP) is 4.25. The maximum absolute atomic E-state index is 13.3. The first-order chi connectivity index (χ1) is 19.2. The van der Waals surface area contributed by atoms with E-state index < -0.39 is 6.17 Å². The van der Waals surface area contributed by atoms with Gasteiger partial charge in [-0.15, -0.1) is 5.10 Å². The maximum atomic E-state index is 13.3. The number of pyridine rings is 1. The van der Waals surface area contributed by atoms with Crippen LogP contribution in [0.25, 0.3) is 11.5 Å². The molecule has 2 aromatic carbocycles. The average molecular weight is 521 g/mol. The van der Waals surface area contributed by atoms with Crippen LogP contribution >= 0.6 is 0 Å². The molecule has 2 aliphatic heterocycles. The van der Waals surface area contributed by atoms with E-state index in [1.807, 2.05) is 60.7 Å². The molecule has 1 saturated carbocycles. The molecule has 9 nitrogen and oxygen atoms in total. The van der Waals surface area contributed by atoms with Crippen LogP contribution in [0.15, 0.2) is 76.1 Å². The number of anilines is 2. The number of carbonyl (C=O) groups excluding carboxylic acids is 1. The largest absolute Gasteiger partial charge is 0.403 e. The van der Waals surface area contributed by atoms with E-state index in [0.717, 1.165) is 52.6 Å². The minimum Gasteiger partial charge on any atom is -0.403 e. The Morgan fingerprint density at radius 2 is 1.67 bits per heavy atom. The van der Waals surface area contributed by atoms with Crippen molar-refractivity contribution >= 4 is 23.3 Å². The number of ether oxygens (including phenoxy) is 1. The highest BCUT2D eigenvalue weighted by Crippen LogP contribution is 2.41. The van der Waals surface area contributed by atoms with Crippen molar-refractivity contribution in [1.29, 1.82) is 0 Å². The van der Waals surface area contributed by atoms with Crippen LogP contribution < -0.4 is 10.2 Å². The van der Waals surface area contributed by atoms with E-state index in [4.69, 9.17) is 19.1 Å². The van der Waals surface area contributed by atoms with Crippen LogP contribution in [0, 0.1) is 0 Å². The lowest BCUT2D eigenvalue weighted by Gasteiger charge is -2.29. The molecule has 1 N–H and O–H groups in total. The average Bonchev–Trinajstić information content (AvgIpc) is 3.76. The van der Waals surface area contributed by atoms with Crippen molar-refractivity contribution in [1.82, 2.24) is 15.2 Å². The van der Waals surface area contributed by atoms with E-state index in [0.29, 0.717) is 25.0 Å². The minimum absolute atomic E-state index is 0.0717. The summed E-state index contributed by atoms with van der Waals surface area (Å²) < 4.78 is 11.6. The van der Waals surface area contributed by atoms with Gasteiger partial charge in [0.05, 0.1) is 24.5 Å². The van der Waals surface area contributed by atoms with Gasteiger partial charge in [0.15, 0.2) is 11.9 Å². The first kappa shape index (κ1) is 23.7. The molecular weight excluding hydrogens is 492 g/mol. The van der Waals surface area contributed by atoms with Gasteiger partial charge in [0.25, 0.3) is 5.89 Å². The fourth-order valence-corrected chi connectivity index (χ4v) is 5.16. The van der Waals surface area contributed by atoms with Gasteiger partial charge in [-0.25, -0.2) is 4.98 Å². The molecule has 0 amide bonds. The van der Waals surface area contributed by atoms with Crippen molar-refractivity contribution in [2.75, 3.05) is 36.5 Å². The Morgan fingerprint density at radius 3 is 2.49 bits per heavy atom. The van der Waals surface area contributed by atoms with Gasteiger partial charge in [-0.05, 0) is 30.5 Å². The highest BCUT2D eigenvalue weighted by molar-refractivity contribution is 6.16. The lowest BCUT2D eigenvalue weighted by atomic mass is 9.96. The molecule has 0 bridgehead atoms. The van der Waals surface area contributed by atoms with E-state index in [1.165, 1.54) is 12.8 Å². The summed E-state index contributed by atoms with van der Waals surface area (Å²) in [5, 5.41) is 11.7. The van der Waals surface area contributed by atoms with Gasteiger partial charge in [-0.3, -0.25) is 9.79 Å². The fraction of sp³-hybridized carbons (Fsp3) is 0.300.